The Balaban J connectivity index is 2.13. The molecule has 3 aromatic heterocycles. The molecule has 0 spiro atoms. The Bertz CT molecular complexity index is 701. The van der Waals surface area contributed by atoms with Crippen molar-refractivity contribution in [2.24, 2.45) is 0 Å². The lowest BCUT2D eigenvalue weighted by molar-refractivity contribution is 0.104. The largest absolute Gasteiger partial charge is 0.345 e. The number of carbonyl (C=O) groups is 1. The SMILES string of the molecule is O=C(c1csc(Br)c1)c1c[nH]c2ncccc12. The molecule has 1 N–H and O–H groups in total. The average molecular weight is 307 g/mol. The Labute approximate surface area is 110 Å². The number of nitrogens with zero attached hydrogens (tertiary/aromatic N) is 1. The lowest BCUT2D eigenvalue weighted by atomic mass is 10.1. The fourth-order valence-electron chi connectivity index (χ4n) is 1.73. The van der Waals surface area contributed by atoms with E-state index >= 15 is 0 Å². The number of aromatic nitrogens is 2. The van der Waals surface area contributed by atoms with Crippen LogP contribution < -0.4 is 0 Å². The molecule has 0 radical (unpaired) electrons. The van der Waals surface area contributed by atoms with E-state index in [1.165, 1.54) is 11.3 Å². The van der Waals surface area contributed by atoms with Crippen LogP contribution in [0.2, 0.25) is 0 Å². The number of halogens is 1. The molecule has 17 heavy (non-hydrogen) atoms. The quantitative estimate of drug-likeness (QED) is 0.735. The maximum absolute atomic E-state index is 12.3. The molecule has 0 aliphatic rings. The number of thiophene rings is 1. The molecule has 0 bridgehead atoms. The van der Waals surface area contributed by atoms with E-state index in [2.05, 4.69) is 25.9 Å². The molecule has 0 aliphatic carbocycles. The van der Waals surface area contributed by atoms with Crippen LogP contribution in [0, 0.1) is 0 Å². The molecule has 3 rings (SSSR count). The zero-order valence-electron chi connectivity index (χ0n) is 8.61. The maximum atomic E-state index is 12.3. The Hall–Kier alpha value is -1.46. The second kappa shape index (κ2) is 4.09. The Kier molecular flexibility index (Phi) is 2.57. The first-order valence-corrected chi connectivity index (χ1v) is 6.64. The summed E-state index contributed by atoms with van der Waals surface area (Å²) in [4.78, 5) is 19.4. The molecular weight excluding hydrogens is 300 g/mol. The van der Waals surface area contributed by atoms with E-state index in [1.807, 2.05) is 23.6 Å². The molecule has 0 fully saturated rings. The predicted octanol–water partition coefficient (Wildman–Crippen LogP) is 3.62. The summed E-state index contributed by atoms with van der Waals surface area (Å²) in [7, 11) is 0. The number of aromatic amines is 1. The Morgan fingerprint density at radius 2 is 2.35 bits per heavy atom. The second-order valence-corrected chi connectivity index (χ2v) is 5.86. The van der Waals surface area contributed by atoms with Crippen LogP contribution in [-0.4, -0.2) is 15.8 Å². The average Bonchev–Trinajstić information content (AvgIpc) is 2.94. The molecule has 3 nitrogen and oxygen atoms in total. The summed E-state index contributed by atoms with van der Waals surface area (Å²) in [5.41, 5.74) is 2.11. The van der Waals surface area contributed by atoms with Crippen LogP contribution >= 0.6 is 27.3 Å². The standard InChI is InChI=1S/C12H7BrN2OS/c13-10-4-7(6-17-10)11(16)9-5-15-12-8(9)2-1-3-14-12/h1-6H,(H,14,15). The van der Waals surface area contributed by atoms with Crippen molar-refractivity contribution in [3.8, 4) is 0 Å². The van der Waals surface area contributed by atoms with Gasteiger partial charge in [0.25, 0.3) is 0 Å². The van der Waals surface area contributed by atoms with Crippen molar-refractivity contribution in [2.45, 2.75) is 0 Å². The molecule has 0 saturated heterocycles. The van der Waals surface area contributed by atoms with E-state index in [1.54, 1.807) is 12.4 Å². The number of rotatable bonds is 2. The summed E-state index contributed by atoms with van der Waals surface area (Å²) in [5, 5.41) is 2.71. The van der Waals surface area contributed by atoms with Gasteiger partial charge in [0.15, 0.2) is 5.78 Å². The summed E-state index contributed by atoms with van der Waals surface area (Å²) in [6, 6.07) is 5.56. The van der Waals surface area contributed by atoms with Crippen molar-refractivity contribution < 1.29 is 4.79 Å². The fraction of sp³-hybridized carbons (Fsp3) is 0. The molecule has 3 aromatic rings. The van der Waals surface area contributed by atoms with Crippen LogP contribution in [0.15, 0.2) is 39.8 Å². The number of pyridine rings is 1. The Morgan fingerprint density at radius 1 is 1.47 bits per heavy atom. The predicted molar refractivity (Wildman–Crippen MR) is 71.5 cm³/mol. The van der Waals surface area contributed by atoms with Gasteiger partial charge >= 0.3 is 0 Å². The molecule has 0 unspecified atom stereocenters. The molecule has 0 atom stereocenters. The van der Waals surface area contributed by atoms with Gasteiger partial charge < -0.3 is 4.98 Å². The van der Waals surface area contributed by atoms with Crippen molar-refractivity contribution in [1.29, 1.82) is 0 Å². The molecule has 84 valence electrons. The normalized spacial score (nSPS) is 10.9. The van der Waals surface area contributed by atoms with E-state index in [0.29, 0.717) is 11.1 Å². The van der Waals surface area contributed by atoms with E-state index in [-0.39, 0.29) is 5.78 Å². The van der Waals surface area contributed by atoms with Gasteiger partial charge in [-0.2, -0.15) is 0 Å². The fourth-order valence-corrected chi connectivity index (χ4v) is 2.87. The molecular formula is C12H7BrN2OS. The molecule has 0 aromatic carbocycles. The summed E-state index contributed by atoms with van der Waals surface area (Å²) in [6.07, 6.45) is 3.42. The monoisotopic (exact) mass is 306 g/mol. The first-order valence-electron chi connectivity index (χ1n) is 4.96. The van der Waals surface area contributed by atoms with E-state index in [0.717, 1.165) is 14.8 Å². The molecule has 0 saturated carbocycles. The Morgan fingerprint density at radius 3 is 3.12 bits per heavy atom. The smallest absolute Gasteiger partial charge is 0.196 e. The number of hydrogen-bond acceptors (Lipinski definition) is 3. The number of carbonyl (C=O) groups excluding carboxylic acids is 1. The van der Waals surface area contributed by atoms with Gasteiger partial charge in [-0.15, -0.1) is 11.3 Å². The highest BCUT2D eigenvalue weighted by Crippen LogP contribution is 2.25. The van der Waals surface area contributed by atoms with Crippen molar-refractivity contribution in [3.63, 3.8) is 0 Å². The zero-order valence-corrected chi connectivity index (χ0v) is 11.0. The van der Waals surface area contributed by atoms with Crippen LogP contribution in [0.3, 0.4) is 0 Å². The molecule has 0 aliphatic heterocycles. The summed E-state index contributed by atoms with van der Waals surface area (Å²) >= 11 is 4.87. The van der Waals surface area contributed by atoms with Crippen molar-refractivity contribution >= 4 is 44.1 Å². The van der Waals surface area contributed by atoms with Gasteiger partial charge in [-0.05, 0) is 34.1 Å². The minimum Gasteiger partial charge on any atom is -0.345 e. The highest BCUT2D eigenvalue weighted by molar-refractivity contribution is 9.11. The molecule has 3 heterocycles. The van der Waals surface area contributed by atoms with E-state index in [4.69, 9.17) is 0 Å². The third-order valence-electron chi connectivity index (χ3n) is 2.53. The van der Waals surface area contributed by atoms with Crippen LogP contribution in [0.5, 0.6) is 0 Å². The minimum atomic E-state index is 0.0196. The lowest BCUT2D eigenvalue weighted by Crippen LogP contribution is -1.97. The number of nitrogens with one attached hydrogen (secondary N) is 1. The lowest BCUT2D eigenvalue weighted by Gasteiger charge is -1.95. The highest BCUT2D eigenvalue weighted by atomic mass is 79.9. The number of H-pyrrole nitrogens is 1. The second-order valence-electron chi connectivity index (χ2n) is 3.57. The van der Waals surface area contributed by atoms with Gasteiger partial charge in [-0.1, -0.05) is 0 Å². The maximum Gasteiger partial charge on any atom is 0.196 e. The van der Waals surface area contributed by atoms with Crippen LogP contribution in [0.25, 0.3) is 11.0 Å². The van der Waals surface area contributed by atoms with Crippen LogP contribution in [0.4, 0.5) is 0 Å². The summed E-state index contributed by atoms with van der Waals surface area (Å²) < 4.78 is 0.957. The number of hydrogen-bond donors (Lipinski definition) is 1. The highest BCUT2D eigenvalue weighted by Gasteiger charge is 2.15. The number of ketones is 1. The number of fused-ring (bicyclic) bond motifs is 1. The summed E-state index contributed by atoms with van der Waals surface area (Å²) in [5.74, 6) is 0.0196. The van der Waals surface area contributed by atoms with Crippen LogP contribution in [-0.2, 0) is 0 Å². The summed E-state index contributed by atoms with van der Waals surface area (Å²) in [6.45, 7) is 0. The van der Waals surface area contributed by atoms with Crippen LogP contribution in [0.1, 0.15) is 15.9 Å². The van der Waals surface area contributed by atoms with Gasteiger partial charge in [0, 0.05) is 34.3 Å². The third kappa shape index (κ3) is 1.81. The first-order chi connectivity index (χ1) is 8.25. The van der Waals surface area contributed by atoms with E-state index in [9.17, 15) is 4.79 Å². The van der Waals surface area contributed by atoms with Gasteiger partial charge in [-0.3, -0.25) is 4.79 Å². The van der Waals surface area contributed by atoms with Gasteiger partial charge in [0.1, 0.15) is 5.65 Å². The van der Waals surface area contributed by atoms with Gasteiger partial charge in [0.2, 0.25) is 0 Å². The van der Waals surface area contributed by atoms with Gasteiger partial charge in [0.05, 0.1) is 3.79 Å². The molecule has 0 amide bonds. The van der Waals surface area contributed by atoms with E-state index < -0.39 is 0 Å². The topological polar surface area (TPSA) is 45.8 Å². The minimum absolute atomic E-state index is 0.0196. The first kappa shape index (κ1) is 10.7. The van der Waals surface area contributed by atoms with Gasteiger partial charge in [-0.25, -0.2) is 4.98 Å². The van der Waals surface area contributed by atoms with Crippen molar-refractivity contribution in [2.75, 3.05) is 0 Å². The third-order valence-corrected chi connectivity index (χ3v) is 4.03. The zero-order chi connectivity index (χ0) is 11.8. The van der Waals surface area contributed by atoms with Crippen molar-refractivity contribution in [3.05, 3.63) is 50.9 Å². The molecule has 5 heteroatoms. The van der Waals surface area contributed by atoms with Crippen molar-refractivity contribution in [1.82, 2.24) is 9.97 Å².